The van der Waals surface area contributed by atoms with Crippen molar-refractivity contribution in [2.24, 2.45) is 12.8 Å². The lowest BCUT2D eigenvalue weighted by molar-refractivity contribution is 0.487. The summed E-state index contributed by atoms with van der Waals surface area (Å²) in [5.41, 5.74) is 7.68. The molecule has 4 nitrogen and oxygen atoms in total. The Labute approximate surface area is 89.1 Å². The van der Waals surface area contributed by atoms with Crippen LogP contribution in [0.15, 0.2) is 18.5 Å². The van der Waals surface area contributed by atoms with Crippen LogP contribution in [0.3, 0.4) is 0 Å². The summed E-state index contributed by atoms with van der Waals surface area (Å²) in [6.45, 7) is 4.78. The molecule has 0 saturated carbocycles. The first-order valence-electron chi connectivity index (χ1n) is 5.03. The third kappa shape index (κ3) is 1.51. The van der Waals surface area contributed by atoms with Crippen molar-refractivity contribution in [3.05, 3.63) is 24.3 Å². The van der Waals surface area contributed by atoms with Crippen LogP contribution in [0, 0.1) is 0 Å². The van der Waals surface area contributed by atoms with Crippen molar-refractivity contribution in [2.75, 3.05) is 6.54 Å². The molecule has 4 heteroatoms. The summed E-state index contributed by atoms with van der Waals surface area (Å²) in [7, 11) is 2.02. The van der Waals surface area contributed by atoms with Crippen molar-refractivity contribution >= 4 is 11.0 Å². The van der Waals surface area contributed by atoms with Crippen LogP contribution in [0.1, 0.15) is 19.7 Å². The van der Waals surface area contributed by atoms with E-state index < -0.39 is 0 Å². The van der Waals surface area contributed by atoms with E-state index in [-0.39, 0.29) is 5.41 Å². The highest BCUT2D eigenvalue weighted by Gasteiger charge is 2.24. The fourth-order valence-corrected chi connectivity index (χ4v) is 1.75. The van der Waals surface area contributed by atoms with Crippen molar-refractivity contribution in [2.45, 2.75) is 19.3 Å². The summed E-state index contributed by atoms with van der Waals surface area (Å²) in [5, 5.41) is 0. The number of rotatable bonds is 2. The summed E-state index contributed by atoms with van der Waals surface area (Å²) in [5.74, 6) is 1.01. The lowest BCUT2D eigenvalue weighted by atomic mass is 9.93. The summed E-state index contributed by atoms with van der Waals surface area (Å²) >= 11 is 0. The third-order valence-corrected chi connectivity index (χ3v) is 2.80. The Morgan fingerprint density at radius 1 is 1.47 bits per heavy atom. The largest absolute Gasteiger partial charge is 0.331 e. The first-order chi connectivity index (χ1) is 7.06. The van der Waals surface area contributed by atoms with Crippen molar-refractivity contribution in [1.82, 2.24) is 14.5 Å². The number of pyridine rings is 1. The Morgan fingerprint density at radius 3 is 2.80 bits per heavy atom. The van der Waals surface area contributed by atoms with E-state index in [2.05, 4.69) is 28.4 Å². The molecule has 2 rings (SSSR count). The average molecular weight is 204 g/mol. The quantitative estimate of drug-likeness (QED) is 0.799. The number of hydrogen-bond acceptors (Lipinski definition) is 3. The van der Waals surface area contributed by atoms with Crippen molar-refractivity contribution < 1.29 is 0 Å². The highest BCUT2D eigenvalue weighted by molar-refractivity contribution is 5.74. The van der Waals surface area contributed by atoms with E-state index in [9.17, 15) is 0 Å². The van der Waals surface area contributed by atoms with Crippen LogP contribution < -0.4 is 5.73 Å². The molecule has 0 bridgehead atoms. The second kappa shape index (κ2) is 3.31. The van der Waals surface area contributed by atoms with Gasteiger partial charge in [-0.25, -0.2) is 4.98 Å². The van der Waals surface area contributed by atoms with Gasteiger partial charge in [0, 0.05) is 25.2 Å². The first kappa shape index (κ1) is 10.1. The molecule has 0 aliphatic heterocycles. The van der Waals surface area contributed by atoms with Gasteiger partial charge in [-0.3, -0.25) is 4.98 Å². The summed E-state index contributed by atoms with van der Waals surface area (Å²) in [6.07, 6.45) is 3.56. The Morgan fingerprint density at radius 2 is 2.20 bits per heavy atom. The molecule has 2 aromatic heterocycles. The molecule has 0 atom stereocenters. The molecule has 0 spiro atoms. The van der Waals surface area contributed by atoms with Crippen LogP contribution in [-0.2, 0) is 12.5 Å². The smallest absolute Gasteiger partial charge is 0.116 e. The number of nitrogens with zero attached hydrogens (tertiary/aromatic N) is 3. The standard InChI is InChI=1S/C11H16N4/c1-11(2,7-12)10-14-8-6-13-5-4-9(8)15(10)3/h4-6H,7,12H2,1-3H3. The highest BCUT2D eigenvalue weighted by atomic mass is 15.1. The zero-order valence-corrected chi connectivity index (χ0v) is 9.36. The molecule has 0 saturated heterocycles. The molecule has 0 unspecified atom stereocenters. The van der Waals surface area contributed by atoms with Crippen molar-refractivity contribution in [3.8, 4) is 0 Å². The van der Waals surface area contributed by atoms with Crippen LogP contribution in [0.2, 0.25) is 0 Å². The predicted octanol–water partition coefficient (Wildman–Crippen LogP) is 1.20. The molecule has 0 radical (unpaired) electrons. The lowest BCUT2D eigenvalue weighted by Gasteiger charge is -2.21. The number of aromatic nitrogens is 3. The zero-order valence-electron chi connectivity index (χ0n) is 9.36. The third-order valence-electron chi connectivity index (χ3n) is 2.80. The normalized spacial score (nSPS) is 12.3. The Kier molecular flexibility index (Phi) is 2.23. The molecule has 0 fully saturated rings. The van der Waals surface area contributed by atoms with E-state index in [1.165, 1.54) is 0 Å². The molecular formula is C11H16N4. The maximum absolute atomic E-state index is 5.76. The minimum Gasteiger partial charge on any atom is -0.331 e. The number of nitrogens with two attached hydrogens (primary N) is 1. The SMILES string of the molecule is Cn1c(C(C)(C)CN)nc2cnccc21. The van der Waals surface area contributed by atoms with Gasteiger partial charge in [-0.1, -0.05) is 13.8 Å². The van der Waals surface area contributed by atoms with Crippen LogP contribution in [0.4, 0.5) is 0 Å². The number of aryl methyl sites for hydroxylation is 1. The Hall–Kier alpha value is -1.42. The van der Waals surface area contributed by atoms with E-state index in [4.69, 9.17) is 5.73 Å². The lowest BCUT2D eigenvalue weighted by Crippen LogP contribution is -2.31. The van der Waals surface area contributed by atoms with E-state index in [0.29, 0.717) is 6.54 Å². The van der Waals surface area contributed by atoms with Gasteiger partial charge in [0.15, 0.2) is 0 Å². The molecule has 80 valence electrons. The minimum absolute atomic E-state index is 0.103. The number of fused-ring (bicyclic) bond motifs is 1. The molecule has 0 aliphatic rings. The second-order valence-electron chi connectivity index (χ2n) is 4.45. The highest BCUT2D eigenvalue weighted by Crippen LogP contribution is 2.24. The van der Waals surface area contributed by atoms with Crippen LogP contribution in [0.25, 0.3) is 11.0 Å². The molecular weight excluding hydrogens is 188 g/mol. The molecule has 0 aliphatic carbocycles. The van der Waals surface area contributed by atoms with Crippen LogP contribution >= 0.6 is 0 Å². The van der Waals surface area contributed by atoms with E-state index >= 15 is 0 Å². The maximum atomic E-state index is 5.76. The second-order valence-corrected chi connectivity index (χ2v) is 4.45. The van der Waals surface area contributed by atoms with Gasteiger partial charge in [0.2, 0.25) is 0 Å². The summed E-state index contributed by atoms with van der Waals surface area (Å²) in [6, 6.07) is 1.97. The average Bonchev–Trinajstić information content (AvgIpc) is 2.58. The molecule has 0 aromatic carbocycles. The topological polar surface area (TPSA) is 56.7 Å². The Bertz CT molecular complexity index is 484. The maximum Gasteiger partial charge on any atom is 0.116 e. The molecule has 0 amide bonds. The molecule has 2 heterocycles. The predicted molar refractivity (Wildman–Crippen MR) is 60.6 cm³/mol. The number of imidazole rings is 1. The monoisotopic (exact) mass is 204 g/mol. The fourth-order valence-electron chi connectivity index (χ4n) is 1.75. The molecule has 2 aromatic rings. The van der Waals surface area contributed by atoms with Crippen molar-refractivity contribution in [1.29, 1.82) is 0 Å². The van der Waals surface area contributed by atoms with E-state index in [0.717, 1.165) is 16.9 Å². The van der Waals surface area contributed by atoms with Gasteiger partial charge in [-0.15, -0.1) is 0 Å². The van der Waals surface area contributed by atoms with Crippen LogP contribution in [-0.4, -0.2) is 21.1 Å². The summed E-state index contributed by atoms with van der Waals surface area (Å²) in [4.78, 5) is 8.64. The van der Waals surface area contributed by atoms with Gasteiger partial charge in [-0.05, 0) is 6.07 Å². The molecule has 15 heavy (non-hydrogen) atoms. The van der Waals surface area contributed by atoms with Gasteiger partial charge in [0.1, 0.15) is 11.3 Å². The van der Waals surface area contributed by atoms with Gasteiger partial charge in [0.05, 0.1) is 11.7 Å². The van der Waals surface area contributed by atoms with Crippen LogP contribution in [0.5, 0.6) is 0 Å². The fraction of sp³-hybridized carbons (Fsp3) is 0.455. The van der Waals surface area contributed by atoms with Gasteiger partial charge < -0.3 is 10.3 Å². The zero-order chi connectivity index (χ0) is 11.1. The first-order valence-corrected chi connectivity index (χ1v) is 5.03. The minimum atomic E-state index is -0.103. The van der Waals surface area contributed by atoms with Gasteiger partial charge in [0.25, 0.3) is 0 Å². The summed E-state index contributed by atoms with van der Waals surface area (Å²) < 4.78 is 2.09. The number of hydrogen-bond donors (Lipinski definition) is 1. The van der Waals surface area contributed by atoms with E-state index in [1.54, 1.807) is 12.4 Å². The van der Waals surface area contributed by atoms with E-state index in [1.807, 2.05) is 13.1 Å². The van der Waals surface area contributed by atoms with Crippen molar-refractivity contribution in [3.63, 3.8) is 0 Å². The molecule has 2 N–H and O–H groups in total. The van der Waals surface area contributed by atoms with Gasteiger partial charge >= 0.3 is 0 Å². The Balaban J connectivity index is 2.68. The van der Waals surface area contributed by atoms with Gasteiger partial charge in [-0.2, -0.15) is 0 Å².